The molecule has 1 amide bonds. The molecule has 1 unspecified atom stereocenters. The summed E-state index contributed by atoms with van der Waals surface area (Å²) < 4.78 is 11.0. The van der Waals surface area contributed by atoms with E-state index in [-0.39, 0.29) is 6.42 Å². The number of hydrogen-bond donors (Lipinski definition) is 1. The third-order valence-corrected chi connectivity index (χ3v) is 3.95. The van der Waals surface area contributed by atoms with Gasteiger partial charge in [0.25, 0.3) is 0 Å². The summed E-state index contributed by atoms with van der Waals surface area (Å²) in [7, 11) is 1.28. The van der Waals surface area contributed by atoms with Gasteiger partial charge >= 0.3 is 12.1 Å². The van der Waals surface area contributed by atoms with Crippen molar-refractivity contribution in [2.75, 3.05) is 7.11 Å². The van der Waals surface area contributed by atoms with Crippen molar-refractivity contribution in [3.63, 3.8) is 0 Å². The van der Waals surface area contributed by atoms with Crippen molar-refractivity contribution < 1.29 is 19.1 Å². The van der Waals surface area contributed by atoms with Crippen LogP contribution >= 0.6 is 11.3 Å². The molecular formula is C16H20N2O4S. The first kappa shape index (κ1) is 17.2. The normalized spacial score (nSPS) is 12.7. The molecule has 0 bridgehead atoms. The number of benzene rings is 1. The molecule has 1 heterocycles. The third kappa shape index (κ3) is 4.92. The fourth-order valence-electron chi connectivity index (χ4n) is 1.97. The van der Waals surface area contributed by atoms with Crippen LogP contribution in [0.2, 0.25) is 0 Å². The second-order valence-corrected chi connectivity index (χ2v) is 7.12. The molecule has 2 aromatic rings. The number of nitrogens with one attached hydrogen (secondary N) is 1. The largest absolute Gasteiger partial charge is 0.467 e. The van der Waals surface area contributed by atoms with Crippen molar-refractivity contribution in [1.82, 2.24) is 10.3 Å². The molecule has 1 aromatic carbocycles. The van der Waals surface area contributed by atoms with Crippen LogP contribution in [0.4, 0.5) is 4.79 Å². The molecule has 7 heteroatoms. The standard InChI is InChI=1S/C16H20N2O4S/c1-16(2,3)22-15(20)18-11(14(19)21-4)9-13-17-10-7-5-6-8-12(10)23-13/h5-8,11H,9H2,1-4H3,(H,18,20). The van der Waals surface area contributed by atoms with Gasteiger partial charge in [-0.15, -0.1) is 11.3 Å². The lowest BCUT2D eigenvalue weighted by Gasteiger charge is -2.22. The molecule has 1 atom stereocenters. The maximum atomic E-state index is 11.9. The van der Waals surface area contributed by atoms with Gasteiger partial charge in [-0.05, 0) is 32.9 Å². The predicted octanol–water partition coefficient (Wildman–Crippen LogP) is 2.91. The third-order valence-electron chi connectivity index (χ3n) is 2.89. The Bertz CT molecular complexity index is 672. The van der Waals surface area contributed by atoms with E-state index in [0.29, 0.717) is 0 Å². The molecule has 124 valence electrons. The Morgan fingerprint density at radius 3 is 2.61 bits per heavy atom. The van der Waals surface area contributed by atoms with Gasteiger partial charge in [-0.3, -0.25) is 0 Å². The van der Waals surface area contributed by atoms with E-state index < -0.39 is 23.7 Å². The first-order valence-electron chi connectivity index (χ1n) is 7.20. The number of methoxy groups -OCH3 is 1. The maximum Gasteiger partial charge on any atom is 0.408 e. The summed E-state index contributed by atoms with van der Waals surface area (Å²) in [6.07, 6.45) is -0.403. The Morgan fingerprint density at radius 1 is 1.30 bits per heavy atom. The zero-order valence-electron chi connectivity index (χ0n) is 13.6. The summed E-state index contributed by atoms with van der Waals surface area (Å²) in [6, 6.07) is 6.87. The monoisotopic (exact) mass is 336 g/mol. The second kappa shape index (κ2) is 6.95. The zero-order chi connectivity index (χ0) is 17.0. The van der Waals surface area contributed by atoms with Crippen LogP contribution in [0.25, 0.3) is 10.2 Å². The molecule has 0 aliphatic rings. The number of hydrogen-bond acceptors (Lipinski definition) is 6. The smallest absolute Gasteiger partial charge is 0.408 e. The van der Waals surface area contributed by atoms with E-state index in [4.69, 9.17) is 9.47 Å². The van der Waals surface area contributed by atoms with Crippen molar-refractivity contribution in [3.05, 3.63) is 29.3 Å². The molecule has 0 spiro atoms. The Balaban J connectivity index is 2.12. The summed E-state index contributed by atoms with van der Waals surface area (Å²) in [5.41, 5.74) is 0.231. The van der Waals surface area contributed by atoms with Gasteiger partial charge in [0.15, 0.2) is 0 Å². The van der Waals surface area contributed by atoms with Crippen molar-refractivity contribution in [2.24, 2.45) is 0 Å². The van der Waals surface area contributed by atoms with Crippen LogP contribution in [-0.4, -0.2) is 35.8 Å². The van der Waals surface area contributed by atoms with Crippen LogP contribution in [0.15, 0.2) is 24.3 Å². The summed E-state index contributed by atoms with van der Waals surface area (Å²) in [5.74, 6) is -0.532. The minimum absolute atomic E-state index is 0.255. The average Bonchev–Trinajstić information content (AvgIpc) is 2.86. The number of esters is 1. The number of aromatic nitrogens is 1. The molecule has 0 aliphatic heterocycles. The van der Waals surface area contributed by atoms with Crippen molar-refractivity contribution in [2.45, 2.75) is 38.8 Å². The van der Waals surface area contributed by atoms with E-state index in [1.807, 2.05) is 24.3 Å². The molecule has 0 aliphatic carbocycles. The van der Waals surface area contributed by atoms with Crippen LogP contribution in [-0.2, 0) is 20.7 Å². The summed E-state index contributed by atoms with van der Waals surface area (Å²) in [4.78, 5) is 28.3. The number of ether oxygens (including phenoxy) is 2. The highest BCUT2D eigenvalue weighted by atomic mass is 32.1. The predicted molar refractivity (Wildman–Crippen MR) is 88.5 cm³/mol. The van der Waals surface area contributed by atoms with Crippen LogP contribution in [0, 0.1) is 0 Å². The van der Waals surface area contributed by atoms with E-state index in [1.54, 1.807) is 20.8 Å². The number of para-hydroxylation sites is 1. The lowest BCUT2D eigenvalue weighted by Crippen LogP contribution is -2.45. The molecule has 23 heavy (non-hydrogen) atoms. The zero-order valence-corrected chi connectivity index (χ0v) is 14.4. The van der Waals surface area contributed by atoms with E-state index >= 15 is 0 Å². The quantitative estimate of drug-likeness (QED) is 0.869. The van der Waals surface area contributed by atoms with Gasteiger partial charge in [0.2, 0.25) is 0 Å². The lowest BCUT2D eigenvalue weighted by molar-refractivity contribution is -0.143. The molecule has 0 saturated heterocycles. The molecule has 1 N–H and O–H groups in total. The second-order valence-electron chi connectivity index (χ2n) is 6.00. The van der Waals surface area contributed by atoms with Crippen molar-refractivity contribution >= 4 is 33.6 Å². The Kier molecular flexibility index (Phi) is 5.20. The summed E-state index contributed by atoms with van der Waals surface area (Å²) in [6.45, 7) is 5.27. The molecule has 0 saturated carbocycles. The van der Waals surface area contributed by atoms with Gasteiger partial charge in [-0.1, -0.05) is 12.1 Å². The minimum atomic E-state index is -0.838. The molecule has 0 fully saturated rings. The number of rotatable bonds is 4. The van der Waals surface area contributed by atoms with E-state index in [2.05, 4.69) is 10.3 Å². The molecule has 0 radical (unpaired) electrons. The summed E-state index contributed by atoms with van der Waals surface area (Å²) in [5, 5.41) is 3.30. The fourth-order valence-corrected chi connectivity index (χ4v) is 2.98. The average molecular weight is 336 g/mol. The molecule has 2 rings (SSSR count). The summed E-state index contributed by atoms with van der Waals surface area (Å²) >= 11 is 1.48. The highest BCUT2D eigenvalue weighted by Crippen LogP contribution is 2.22. The van der Waals surface area contributed by atoms with E-state index in [1.165, 1.54) is 18.4 Å². The first-order chi connectivity index (χ1) is 10.8. The lowest BCUT2D eigenvalue weighted by atomic mass is 10.2. The van der Waals surface area contributed by atoms with Crippen LogP contribution in [0.5, 0.6) is 0 Å². The van der Waals surface area contributed by atoms with Crippen LogP contribution in [0.1, 0.15) is 25.8 Å². The molecular weight excluding hydrogens is 316 g/mol. The van der Waals surface area contributed by atoms with Crippen molar-refractivity contribution in [3.8, 4) is 0 Å². The number of thiazole rings is 1. The topological polar surface area (TPSA) is 77.5 Å². The molecule has 6 nitrogen and oxygen atoms in total. The highest BCUT2D eigenvalue weighted by molar-refractivity contribution is 7.18. The number of carbonyl (C=O) groups excluding carboxylic acids is 2. The molecule has 1 aromatic heterocycles. The van der Waals surface area contributed by atoms with Gasteiger partial charge in [0.1, 0.15) is 11.6 Å². The van der Waals surface area contributed by atoms with Crippen LogP contribution < -0.4 is 5.32 Å². The van der Waals surface area contributed by atoms with Gasteiger partial charge in [-0.2, -0.15) is 0 Å². The first-order valence-corrected chi connectivity index (χ1v) is 8.02. The number of amides is 1. The number of nitrogens with zero attached hydrogens (tertiary/aromatic N) is 1. The Hall–Kier alpha value is -2.15. The SMILES string of the molecule is COC(=O)C(Cc1nc2ccccc2s1)NC(=O)OC(C)(C)C. The Morgan fingerprint density at radius 2 is 2.00 bits per heavy atom. The fraction of sp³-hybridized carbons (Fsp3) is 0.438. The van der Waals surface area contributed by atoms with Crippen LogP contribution in [0.3, 0.4) is 0 Å². The highest BCUT2D eigenvalue weighted by Gasteiger charge is 2.26. The Labute approximate surface area is 138 Å². The number of fused-ring (bicyclic) bond motifs is 1. The van der Waals surface area contributed by atoms with Gasteiger partial charge in [-0.25, -0.2) is 14.6 Å². The van der Waals surface area contributed by atoms with Gasteiger partial charge < -0.3 is 14.8 Å². The minimum Gasteiger partial charge on any atom is -0.467 e. The van der Waals surface area contributed by atoms with Gasteiger partial charge in [0.05, 0.1) is 22.3 Å². The van der Waals surface area contributed by atoms with Gasteiger partial charge in [0, 0.05) is 6.42 Å². The number of alkyl carbamates (subject to hydrolysis) is 1. The van der Waals surface area contributed by atoms with Crippen molar-refractivity contribution in [1.29, 1.82) is 0 Å². The maximum absolute atomic E-state index is 11.9. The van der Waals surface area contributed by atoms with E-state index in [0.717, 1.165) is 15.2 Å². The van der Waals surface area contributed by atoms with E-state index in [9.17, 15) is 9.59 Å². The number of carbonyl (C=O) groups is 2.